The van der Waals surface area contributed by atoms with Gasteiger partial charge in [-0.05, 0) is 36.4 Å². The number of nitrogens with one attached hydrogen (secondary N) is 2. The van der Waals surface area contributed by atoms with E-state index in [9.17, 15) is 9.59 Å². The van der Waals surface area contributed by atoms with Crippen molar-refractivity contribution in [2.24, 2.45) is 0 Å². The molecule has 0 unspecified atom stereocenters. The van der Waals surface area contributed by atoms with E-state index in [1.807, 2.05) is 59.2 Å². The molecule has 0 aliphatic carbocycles. The SMILES string of the molecule is COc1ccc(-n2c(SCC(=O)NC(=O)NCc3ccco3)nnc2-c2ccccc2)cc1. The van der Waals surface area contributed by atoms with Crippen LogP contribution in [-0.4, -0.2) is 39.6 Å². The van der Waals surface area contributed by atoms with E-state index < -0.39 is 11.9 Å². The van der Waals surface area contributed by atoms with Gasteiger partial charge in [-0.2, -0.15) is 0 Å². The quantitative estimate of drug-likeness (QED) is 0.384. The summed E-state index contributed by atoms with van der Waals surface area (Å²) in [7, 11) is 1.60. The Kier molecular flexibility index (Phi) is 7.06. The summed E-state index contributed by atoms with van der Waals surface area (Å²) >= 11 is 1.18. The molecule has 168 valence electrons. The number of aromatic nitrogens is 3. The Labute approximate surface area is 194 Å². The molecule has 10 heteroatoms. The van der Waals surface area contributed by atoms with E-state index in [0.717, 1.165) is 17.0 Å². The maximum atomic E-state index is 12.3. The first-order chi connectivity index (χ1) is 16.1. The number of carbonyl (C=O) groups is 2. The van der Waals surface area contributed by atoms with Gasteiger partial charge in [0, 0.05) is 11.3 Å². The van der Waals surface area contributed by atoms with Gasteiger partial charge in [0.05, 0.1) is 25.7 Å². The third kappa shape index (κ3) is 5.60. The summed E-state index contributed by atoms with van der Waals surface area (Å²) in [6.07, 6.45) is 1.51. The van der Waals surface area contributed by atoms with Gasteiger partial charge in [-0.1, -0.05) is 42.1 Å². The molecule has 0 aliphatic rings. The second kappa shape index (κ2) is 10.5. The van der Waals surface area contributed by atoms with Crippen LogP contribution in [0.4, 0.5) is 4.79 Å². The van der Waals surface area contributed by atoms with Gasteiger partial charge in [0.2, 0.25) is 5.91 Å². The van der Waals surface area contributed by atoms with Gasteiger partial charge in [-0.25, -0.2) is 4.79 Å². The number of furan rings is 1. The number of hydrogen-bond donors (Lipinski definition) is 2. The number of imide groups is 1. The van der Waals surface area contributed by atoms with Gasteiger partial charge in [0.15, 0.2) is 11.0 Å². The molecular formula is C23H21N5O4S. The molecule has 2 heterocycles. The monoisotopic (exact) mass is 463 g/mol. The third-order valence-electron chi connectivity index (χ3n) is 4.58. The molecule has 0 bridgehead atoms. The molecule has 0 radical (unpaired) electrons. The minimum atomic E-state index is -0.599. The first kappa shape index (κ1) is 22.2. The highest BCUT2D eigenvalue weighted by Gasteiger charge is 2.18. The standard InChI is InChI=1S/C23H21N5O4S/c1-31-18-11-9-17(10-12-18)28-21(16-6-3-2-4-7-16)26-27-23(28)33-15-20(29)25-22(30)24-14-19-8-5-13-32-19/h2-13H,14-15H2,1H3,(H2,24,25,29,30). The van der Waals surface area contributed by atoms with E-state index >= 15 is 0 Å². The predicted octanol–water partition coefficient (Wildman–Crippen LogP) is 3.65. The molecule has 2 aromatic heterocycles. The molecule has 3 amide bonds. The van der Waals surface area contributed by atoms with Crippen LogP contribution in [-0.2, 0) is 11.3 Å². The fourth-order valence-electron chi connectivity index (χ4n) is 3.02. The summed E-state index contributed by atoms with van der Waals surface area (Å²) in [4.78, 5) is 24.3. The van der Waals surface area contributed by atoms with Gasteiger partial charge in [-0.15, -0.1) is 10.2 Å². The van der Waals surface area contributed by atoms with Crippen molar-refractivity contribution >= 4 is 23.7 Å². The predicted molar refractivity (Wildman–Crippen MR) is 123 cm³/mol. The van der Waals surface area contributed by atoms with Crippen LogP contribution in [0, 0.1) is 0 Å². The number of urea groups is 1. The summed E-state index contributed by atoms with van der Waals surface area (Å²) < 4.78 is 12.3. The van der Waals surface area contributed by atoms with Crippen molar-refractivity contribution in [1.29, 1.82) is 0 Å². The highest BCUT2D eigenvalue weighted by Crippen LogP contribution is 2.28. The summed E-state index contributed by atoms with van der Waals surface area (Å²) in [5.74, 6) is 1.48. The zero-order valence-corrected chi connectivity index (χ0v) is 18.5. The van der Waals surface area contributed by atoms with E-state index in [2.05, 4.69) is 20.8 Å². The number of amides is 3. The maximum Gasteiger partial charge on any atom is 0.321 e. The number of thioether (sulfide) groups is 1. The average Bonchev–Trinajstić information content (AvgIpc) is 3.52. The number of benzene rings is 2. The number of hydrogen-bond acceptors (Lipinski definition) is 7. The lowest BCUT2D eigenvalue weighted by molar-refractivity contribution is -0.117. The molecule has 2 N–H and O–H groups in total. The van der Waals surface area contributed by atoms with Crippen molar-refractivity contribution in [3.63, 3.8) is 0 Å². The summed E-state index contributed by atoms with van der Waals surface area (Å²) in [5, 5.41) is 14.0. The largest absolute Gasteiger partial charge is 0.497 e. The normalized spacial score (nSPS) is 10.6. The van der Waals surface area contributed by atoms with E-state index in [1.54, 1.807) is 19.2 Å². The molecule has 4 aromatic rings. The number of rotatable bonds is 8. The van der Waals surface area contributed by atoms with E-state index in [1.165, 1.54) is 18.0 Å². The molecule has 0 atom stereocenters. The Balaban J connectivity index is 1.47. The zero-order chi connectivity index (χ0) is 23.0. The minimum Gasteiger partial charge on any atom is -0.497 e. The number of methoxy groups -OCH3 is 1. The molecular weight excluding hydrogens is 442 g/mol. The van der Waals surface area contributed by atoms with E-state index in [0.29, 0.717) is 16.7 Å². The summed E-state index contributed by atoms with van der Waals surface area (Å²) in [6, 6.07) is 20.0. The van der Waals surface area contributed by atoms with Crippen LogP contribution in [0.3, 0.4) is 0 Å². The van der Waals surface area contributed by atoms with Crippen molar-refractivity contribution in [2.45, 2.75) is 11.7 Å². The van der Waals surface area contributed by atoms with Crippen LogP contribution < -0.4 is 15.4 Å². The topological polar surface area (TPSA) is 111 Å². The van der Waals surface area contributed by atoms with Crippen molar-refractivity contribution in [1.82, 2.24) is 25.4 Å². The van der Waals surface area contributed by atoms with Gasteiger partial charge < -0.3 is 14.5 Å². The van der Waals surface area contributed by atoms with Crippen molar-refractivity contribution in [3.05, 3.63) is 78.8 Å². The lowest BCUT2D eigenvalue weighted by atomic mass is 10.2. The molecule has 0 aliphatic heterocycles. The molecule has 0 saturated heterocycles. The molecule has 2 aromatic carbocycles. The molecule has 0 spiro atoms. The van der Waals surface area contributed by atoms with Crippen LogP contribution in [0.15, 0.2) is 82.6 Å². The fourth-order valence-corrected chi connectivity index (χ4v) is 3.77. The average molecular weight is 464 g/mol. The van der Waals surface area contributed by atoms with Crippen LogP contribution in [0.1, 0.15) is 5.76 Å². The smallest absolute Gasteiger partial charge is 0.321 e. The van der Waals surface area contributed by atoms with Crippen molar-refractivity contribution < 1.29 is 18.7 Å². The highest BCUT2D eigenvalue weighted by molar-refractivity contribution is 7.99. The second-order valence-corrected chi connectivity index (χ2v) is 7.75. The van der Waals surface area contributed by atoms with Gasteiger partial charge >= 0.3 is 6.03 Å². The van der Waals surface area contributed by atoms with Gasteiger partial charge in [-0.3, -0.25) is 14.7 Å². The summed E-state index contributed by atoms with van der Waals surface area (Å²) in [6.45, 7) is 0.186. The van der Waals surface area contributed by atoms with Crippen molar-refractivity contribution in [2.75, 3.05) is 12.9 Å². The Hall–Kier alpha value is -4.05. The minimum absolute atomic E-state index is 0.0166. The highest BCUT2D eigenvalue weighted by atomic mass is 32.2. The third-order valence-corrected chi connectivity index (χ3v) is 5.51. The van der Waals surface area contributed by atoms with Crippen molar-refractivity contribution in [3.8, 4) is 22.8 Å². The first-order valence-corrected chi connectivity index (χ1v) is 11.0. The second-order valence-electron chi connectivity index (χ2n) is 6.80. The van der Waals surface area contributed by atoms with Gasteiger partial charge in [0.25, 0.3) is 0 Å². The van der Waals surface area contributed by atoms with Crippen LogP contribution >= 0.6 is 11.8 Å². The molecule has 0 fully saturated rings. The number of ether oxygens (including phenoxy) is 1. The number of carbonyl (C=O) groups excluding carboxylic acids is 2. The van der Waals surface area contributed by atoms with E-state index in [-0.39, 0.29) is 12.3 Å². The zero-order valence-electron chi connectivity index (χ0n) is 17.7. The van der Waals surface area contributed by atoms with Crippen LogP contribution in [0.5, 0.6) is 5.75 Å². The fraction of sp³-hybridized carbons (Fsp3) is 0.130. The van der Waals surface area contributed by atoms with Crippen LogP contribution in [0.2, 0.25) is 0 Å². The first-order valence-electron chi connectivity index (χ1n) is 10.0. The molecule has 0 saturated carbocycles. The molecule has 4 rings (SSSR count). The Morgan fingerprint density at radius 2 is 1.82 bits per heavy atom. The van der Waals surface area contributed by atoms with E-state index in [4.69, 9.17) is 9.15 Å². The number of nitrogens with zero attached hydrogens (tertiary/aromatic N) is 3. The van der Waals surface area contributed by atoms with Crippen LogP contribution in [0.25, 0.3) is 17.1 Å². The Morgan fingerprint density at radius 3 is 2.52 bits per heavy atom. The maximum absolute atomic E-state index is 12.3. The Morgan fingerprint density at radius 1 is 1.03 bits per heavy atom. The lowest BCUT2D eigenvalue weighted by Gasteiger charge is -2.11. The molecule has 33 heavy (non-hydrogen) atoms. The Bertz CT molecular complexity index is 1210. The van der Waals surface area contributed by atoms with Gasteiger partial charge in [0.1, 0.15) is 11.5 Å². The molecule has 9 nitrogen and oxygen atoms in total. The lowest BCUT2D eigenvalue weighted by Crippen LogP contribution is -2.39. The summed E-state index contributed by atoms with van der Waals surface area (Å²) in [5.41, 5.74) is 1.70.